The lowest BCUT2D eigenvalue weighted by Gasteiger charge is -2.26. The molecular formula is C6H9F2O3S-. The maximum Gasteiger partial charge on any atom is 0.117 e. The molecule has 3 unspecified atom stereocenters. The Labute approximate surface area is 73.1 Å². The molecule has 6 heteroatoms. The van der Waals surface area contributed by atoms with Gasteiger partial charge in [0.15, 0.2) is 0 Å². The first kappa shape index (κ1) is 10.2. The molecule has 0 spiro atoms. The Morgan fingerprint density at radius 1 is 1.33 bits per heavy atom. The van der Waals surface area contributed by atoms with Crippen LogP contribution in [0.4, 0.5) is 8.78 Å². The van der Waals surface area contributed by atoms with Gasteiger partial charge in [0, 0.05) is 18.5 Å². The van der Waals surface area contributed by atoms with Crippen LogP contribution in [0.25, 0.3) is 0 Å². The van der Waals surface area contributed by atoms with Crippen LogP contribution in [-0.4, -0.2) is 17.6 Å². The van der Waals surface area contributed by atoms with Gasteiger partial charge in [-0.15, -0.1) is 0 Å². The van der Waals surface area contributed by atoms with E-state index in [1.54, 1.807) is 0 Å². The second-order valence-corrected chi connectivity index (χ2v) is 3.63. The fraction of sp³-hybridized carbons (Fsp3) is 1.00. The van der Waals surface area contributed by atoms with Crippen molar-refractivity contribution in [3.05, 3.63) is 0 Å². The van der Waals surface area contributed by atoms with Crippen LogP contribution in [0.15, 0.2) is 0 Å². The van der Waals surface area contributed by atoms with E-state index in [4.69, 9.17) is 0 Å². The maximum absolute atomic E-state index is 12.9. The van der Waals surface area contributed by atoms with Crippen LogP contribution in [-0.2, 0) is 9.37 Å². The van der Waals surface area contributed by atoms with Gasteiger partial charge in [-0.1, -0.05) is 0 Å². The number of halogens is 2. The molecule has 12 heavy (non-hydrogen) atoms. The van der Waals surface area contributed by atoms with E-state index in [-0.39, 0.29) is 6.42 Å². The van der Waals surface area contributed by atoms with Gasteiger partial charge in [0.05, 0.1) is 5.25 Å². The summed E-state index contributed by atoms with van der Waals surface area (Å²) in [6.45, 7) is 0. The van der Waals surface area contributed by atoms with Gasteiger partial charge in [-0.25, -0.2) is 8.78 Å². The molecule has 0 N–H and O–H groups in total. The van der Waals surface area contributed by atoms with E-state index in [1.165, 1.54) is 0 Å². The lowest BCUT2D eigenvalue weighted by molar-refractivity contribution is -0.777. The highest BCUT2D eigenvalue weighted by Crippen LogP contribution is 2.32. The molecule has 3 atom stereocenters. The SMILES string of the molecule is [O-]OOSC1CCC(F)CC1F. The number of hydrogen-bond acceptors (Lipinski definition) is 4. The van der Waals surface area contributed by atoms with Crippen molar-refractivity contribution < 1.29 is 23.4 Å². The Morgan fingerprint density at radius 2 is 2.08 bits per heavy atom. The smallest absolute Gasteiger partial charge is 0.117 e. The van der Waals surface area contributed by atoms with Crippen molar-refractivity contribution in [1.29, 1.82) is 0 Å². The largest absolute Gasteiger partial charge is 0.691 e. The average molecular weight is 199 g/mol. The molecule has 0 bridgehead atoms. The molecule has 0 aliphatic heterocycles. The lowest BCUT2D eigenvalue weighted by atomic mass is 9.97. The second-order valence-electron chi connectivity index (χ2n) is 2.70. The Morgan fingerprint density at radius 3 is 2.67 bits per heavy atom. The Kier molecular flexibility index (Phi) is 4.20. The van der Waals surface area contributed by atoms with Crippen molar-refractivity contribution in [3.8, 4) is 0 Å². The van der Waals surface area contributed by atoms with E-state index >= 15 is 0 Å². The van der Waals surface area contributed by atoms with E-state index in [0.717, 1.165) is 0 Å². The van der Waals surface area contributed by atoms with Gasteiger partial charge in [-0.05, 0) is 12.8 Å². The van der Waals surface area contributed by atoms with Gasteiger partial charge in [0.1, 0.15) is 12.3 Å². The molecule has 0 amide bonds. The summed E-state index contributed by atoms with van der Waals surface area (Å²) in [6.07, 6.45) is -1.74. The van der Waals surface area contributed by atoms with Gasteiger partial charge in [0.25, 0.3) is 0 Å². The molecule has 3 nitrogen and oxygen atoms in total. The molecular weight excluding hydrogens is 190 g/mol. The van der Waals surface area contributed by atoms with E-state index < -0.39 is 17.6 Å². The van der Waals surface area contributed by atoms with Gasteiger partial charge >= 0.3 is 0 Å². The zero-order valence-electron chi connectivity index (χ0n) is 6.24. The molecule has 1 aliphatic rings. The molecule has 1 rings (SSSR count). The summed E-state index contributed by atoms with van der Waals surface area (Å²) in [4.78, 5) is 0. The highest BCUT2D eigenvalue weighted by molar-refractivity contribution is 7.95. The number of alkyl halides is 2. The molecule has 0 saturated heterocycles. The molecule has 1 aliphatic carbocycles. The van der Waals surface area contributed by atoms with E-state index in [2.05, 4.69) is 9.37 Å². The van der Waals surface area contributed by atoms with Crippen LogP contribution in [0.3, 0.4) is 0 Å². The Bertz CT molecular complexity index is 136. The van der Waals surface area contributed by atoms with Gasteiger partial charge in [-0.2, -0.15) is 4.33 Å². The summed E-state index contributed by atoms with van der Waals surface area (Å²) < 4.78 is 29.4. The van der Waals surface area contributed by atoms with Crippen molar-refractivity contribution in [1.82, 2.24) is 0 Å². The lowest BCUT2D eigenvalue weighted by Crippen LogP contribution is -2.29. The fourth-order valence-corrected chi connectivity index (χ4v) is 1.81. The second kappa shape index (κ2) is 4.96. The normalized spacial score (nSPS) is 36.8. The first-order valence-electron chi connectivity index (χ1n) is 3.64. The van der Waals surface area contributed by atoms with Crippen molar-refractivity contribution in [2.24, 2.45) is 0 Å². The van der Waals surface area contributed by atoms with Gasteiger partial charge < -0.3 is 5.26 Å². The minimum absolute atomic E-state index is 0.111. The van der Waals surface area contributed by atoms with Crippen LogP contribution >= 0.6 is 12.0 Å². The van der Waals surface area contributed by atoms with Crippen LogP contribution in [0, 0.1) is 0 Å². The first-order chi connectivity index (χ1) is 5.74. The summed E-state index contributed by atoms with van der Waals surface area (Å²) >= 11 is 0.631. The van der Waals surface area contributed by atoms with Gasteiger partial charge in [0.2, 0.25) is 0 Å². The zero-order chi connectivity index (χ0) is 8.97. The van der Waals surface area contributed by atoms with E-state index in [1.807, 2.05) is 0 Å². The average Bonchev–Trinajstić information content (AvgIpc) is 2.03. The Hall–Kier alpha value is 0.0900. The maximum atomic E-state index is 12.9. The third-order valence-electron chi connectivity index (χ3n) is 1.84. The summed E-state index contributed by atoms with van der Waals surface area (Å²) in [5, 5.41) is 12.0. The third-order valence-corrected chi connectivity index (χ3v) is 2.75. The summed E-state index contributed by atoms with van der Waals surface area (Å²) in [5.41, 5.74) is 0. The summed E-state index contributed by atoms with van der Waals surface area (Å²) in [6, 6.07) is 0. The Balaban J connectivity index is 2.25. The van der Waals surface area contributed by atoms with Crippen LogP contribution in [0.1, 0.15) is 19.3 Å². The van der Waals surface area contributed by atoms with Crippen molar-refractivity contribution in [3.63, 3.8) is 0 Å². The minimum atomic E-state index is -1.26. The predicted molar refractivity (Wildman–Crippen MR) is 37.2 cm³/mol. The highest BCUT2D eigenvalue weighted by Gasteiger charge is 2.31. The molecule has 0 aromatic heterocycles. The quantitative estimate of drug-likeness (QED) is 0.387. The molecule has 72 valence electrons. The predicted octanol–water partition coefficient (Wildman–Crippen LogP) is 1.09. The van der Waals surface area contributed by atoms with Crippen LogP contribution < -0.4 is 5.26 Å². The summed E-state index contributed by atoms with van der Waals surface area (Å²) in [5.74, 6) is 0. The molecule has 0 aromatic rings. The van der Waals surface area contributed by atoms with E-state index in [0.29, 0.717) is 24.9 Å². The topological polar surface area (TPSA) is 41.5 Å². The van der Waals surface area contributed by atoms with Crippen LogP contribution in [0.5, 0.6) is 0 Å². The van der Waals surface area contributed by atoms with Crippen LogP contribution in [0.2, 0.25) is 0 Å². The standard InChI is InChI=1S/C6H10F2O3S/c7-4-1-2-6(5(8)3-4)12-11-10-9/h4-6,9H,1-3H2/p-1. The molecule has 0 aromatic carbocycles. The van der Waals surface area contributed by atoms with Crippen molar-refractivity contribution >= 4 is 12.0 Å². The van der Waals surface area contributed by atoms with Crippen molar-refractivity contribution in [2.75, 3.05) is 0 Å². The molecule has 0 radical (unpaired) electrons. The molecule has 1 fully saturated rings. The fourth-order valence-electron chi connectivity index (χ4n) is 1.21. The minimum Gasteiger partial charge on any atom is -0.691 e. The third kappa shape index (κ3) is 2.85. The van der Waals surface area contributed by atoms with Gasteiger partial charge in [-0.3, -0.25) is 5.04 Å². The highest BCUT2D eigenvalue weighted by atomic mass is 32.2. The van der Waals surface area contributed by atoms with Crippen molar-refractivity contribution in [2.45, 2.75) is 36.9 Å². The summed E-state index contributed by atoms with van der Waals surface area (Å²) in [7, 11) is 0. The number of rotatable bonds is 3. The van der Waals surface area contributed by atoms with E-state index in [9.17, 15) is 14.0 Å². The first-order valence-corrected chi connectivity index (χ1v) is 4.44. The monoisotopic (exact) mass is 199 g/mol. The molecule has 0 heterocycles. The number of hydrogen-bond donors (Lipinski definition) is 0. The molecule has 1 saturated carbocycles. The zero-order valence-corrected chi connectivity index (χ0v) is 7.06.